The third-order valence-electron chi connectivity index (χ3n) is 5.10. The number of rotatable bonds is 6. The van der Waals surface area contributed by atoms with Gasteiger partial charge >= 0.3 is 0 Å². The maximum Gasteiger partial charge on any atom is 0.0654 e. The van der Waals surface area contributed by atoms with Crippen LogP contribution in [-0.4, -0.2) is 12.7 Å². The van der Waals surface area contributed by atoms with E-state index in [2.05, 4.69) is 76.6 Å². The third-order valence-corrected chi connectivity index (χ3v) is 5.63. The molecule has 1 fully saturated rings. The van der Waals surface area contributed by atoms with Crippen molar-refractivity contribution in [2.24, 2.45) is 0 Å². The summed E-state index contributed by atoms with van der Waals surface area (Å²) < 4.78 is 7.10. The molecule has 2 aromatic rings. The fraction of sp³-hybridized carbons (Fsp3) is 0.333. The summed E-state index contributed by atoms with van der Waals surface area (Å²) in [6, 6.07) is 17.6. The Bertz CT molecular complexity index is 720. The van der Waals surface area contributed by atoms with Crippen LogP contribution in [0.15, 0.2) is 77.3 Å². The number of hydrogen-bond donors (Lipinski definition) is 0. The van der Waals surface area contributed by atoms with Crippen LogP contribution in [0.4, 0.5) is 0 Å². The van der Waals surface area contributed by atoms with Crippen molar-refractivity contribution < 1.29 is 4.74 Å². The molecule has 0 aliphatic heterocycles. The van der Waals surface area contributed by atoms with Crippen LogP contribution in [-0.2, 0) is 4.74 Å². The molecule has 0 atom stereocenters. The van der Waals surface area contributed by atoms with Gasteiger partial charge in [-0.05, 0) is 67.3 Å². The van der Waals surface area contributed by atoms with Gasteiger partial charge in [-0.3, -0.25) is 0 Å². The van der Waals surface area contributed by atoms with Gasteiger partial charge in [0, 0.05) is 4.47 Å². The van der Waals surface area contributed by atoms with Crippen molar-refractivity contribution >= 4 is 15.9 Å². The zero-order chi connectivity index (χ0) is 18.2. The SMILES string of the molecule is C/C=C/C=C/COC1CCC(c2ccc(-c3ccc(Br)cc3)cc2)CC1. The van der Waals surface area contributed by atoms with Gasteiger partial charge in [0.15, 0.2) is 0 Å². The maximum absolute atomic E-state index is 5.98. The number of allylic oxidation sites excluding steroid dienone is 3. The molecule has 0 N–H and O–H groups in total. The molecule has 0 aromatic heterocycles. The van der Waals surface area contributed by atoms with Crippen LogP contribution in [0.1, 0.15) is 44.1 Å². The molecule has 2 aromatic carbocycles. The summed E-state index contributed by atoms with van der Waals surface area (Å²) in [4.78, 5) is 0. The molecule has 2 heteroatoms. The van der Waals surface area contributed by atoms with Crippen molar-refractivity contribution in [3.8, 4) is 11.1 Å². The van der Waals surface area contributed by atoms with E-state index < -0.39 is 0 Å². The lowest BCUT2D eigenvalue weighted by Crippen LogP contribution is -2.20. The molecule has 0 amide bonds. The molecule has 3 rings (SSSR count). The minimum absolute atomic E-state index is 0.420. The van der Waals surface area contributed by atoms with E-state index in [4.69, 9.17) is 4.74 Å². The largest absolute Gasteiger partial charge is 0.374 e. The predicted octanol–water partition coefficient (Wildman–Crippen LogP) is 7.29. The Morgan fingerprint density at radius 3 is 2.12 bits per heavy atom. The van der Waals surface area contributed by atoms with E-state index in [-0.39, 0.29) is 0 Å². The lowest BCUT2D eigenvalue weighted by molar-refractivity contribution is 0.0422. The average Bonchev–Trinajstić information content (AvgIpc) is 2.69. The van der Waals surface area contributed by atoms with Crippen LogP contribution in [0.2, 0.25) is 0 Å². The van der Waals surface area contributed by atoms with Gasteiger partial charge in [-0.25, -0.2) is 0 Å². The highest BCUT2D eigenvalue weighted by molar-refractivity contribution is 9.10. The molecule has 0 bridgehead atoms. The normalized spacial score (nSPS) is 20.8. The van der Waals surface area contributed by atoms with E-state index in [1.807, 2.05) is 19.1 Å². The number of benzene rings is 2. The second-order valence-electron chi connectivity index (χ2n) is 6.89. The van der Waals surface area contributed by atoms with Crippen molar-refractivity contribution in [1.29, 1.82) is 0 Å². The van der Waals surface area contributed by atoms with Crippen LogP contribution in [0.5, 0.6) is 0 Å². The van der Waals surface area contributed by atoms with E-state index in [1.54, 1.807) is 0 Å². The number of hydrogen-bond acceptors (Lipinski definition) is 1. The Labute approximate surface area is 165 Å². The zero-order valence-corrected chi connectivity index (χ0v) is 17.0. The van der Waals surface area contributed by atoms with Gasteiger partial charge in [0.25, 0.3) is 0 Å². The van der Waals surface area contributed by atoms with Crippen LogP contribution < -0.4 is 0 Å². The average molecular weight is 411 g/mol. The monoisotopic (exact) mass is 410 g/mol. The summed E-state index contributed by atoms with van der Waals surface area (Å²) in [5.41, 5.74) is 4.02. The number of ether oxygens (including phenoxy) is 1. The molecular weight excluding hydrogens is 384 g/mol. The first kappa shape index (κ1) is 19.1. The highest BCUT2D eigenvalue weighted by Crippen LogP contribution is 2.35. The molecule has 0 saturated heterocycles. The van der Waals surface area contributed by atoms with Crippen molar-refractivity contribution in [2.75, 3.05) is 6.61 Å². The van der Waals surface area contributed by atoms with Gasteiger partial charge in [0.2, 0.25) is 0 Å². The minimum Gasteiger partial charge on any atom is -0.374 e. The van der Waals surface area contributed by atoms with Gasteiger partial charge in [-0.1, -0.05) is 76.6 Å². The Kier molecular flexibility index (Phi) is 7.28. The smallest absolute Gasteiger partial charge is 0.0654 e. The van der Waals surface area contributed by atoms with Gasteiger partial charge in [-0.15, -0.1) is 0 Å². The Morgan fingerprint density at radius 2 is 1.50 bits per heavy atom. The molecular formula is C24H27BrO. The van der Waals surface area contributed by atoms with E-state index in [0.29, 0.717) is 12.0 Å². The molecule has 26 heavy (non-hydrogen) atoms. The third kappa shape index (κ3) is 5.43. The van der Waals surface area contributed by atoms with Crippen LogP contribution in [0, 0.1) is 0 Å². The lowest BCUT2D eigenvalue weighted by atomic mass is 9.82. The second-order valence-corrected chi connectivity index (χ2v) is 7.81. The standard InChI is InChI=1S/C24H27BrO/c1-2-3-4-5-18-26-24-16-12-22(13-17-24)20-8-6-19(7-9-20)21-10-14-23(25)15-11-21/h2-11,14-15,22,24H,12-13,16-18H2,1H3/b3-2+,5-4+. The molecule has 136 valence electrons. The molecule has 1 aliphatic rings. The van der Waals surface area contributed by atoms with E-state index >= 15 is 0 Å². The molecule has 0 heterocycles. The molecule has 0 unspecified atom stereocenters. The molecule has 1 aliphatic carbocycles. The van der Waals surface area contributed by atoms with Gasteiger partial charge in [-0.2, -0.15) is 0 Å². The van der Waals surface area contributed by atoms with E-state index in [9.17, 15) is 0 Å². The fourth-order valence-corrected chi connectivity index (χ4v) is 3.85. The van der Waals surface area contributed by atoms with E-state index in [0.717, 1.165) is 23.9 Å². The Hall–Kier alpha value is -1.64. The Morgan fingerprint density at radius 1 is 0.885 bits per heavy atom. The highest BCUT2D eigenvalue weighted by Gasteiger charge is 2.22. The highest BCUT2D eigenvalue weighted by atomic mass is 79.9. The molecule has 0 spiro atoms. The van der Waals surface area contributed by atoms with Crippen LogP contribution >= 0.6 is 15.9 Å². The Balaban J connectivity index is 1.51. The van der Waals surface area contributed by atoms with Crippen LogP contribution in [0.3, 0.4) is 0 Å². The molecule has 1 nitrogen and oxygen atoms in total. The molecule has 1 saturated carbocycles. The zero-order valence-electron chi connectivity index (χ0n) is 15.4. The summed E-state index contributed by atoms with van der Waals surface area (Å²) in [5.74, 6) is 0.674. The summed E-state index contributed by atoms with van der Waals surface area (Å²) in [6.07, 6.45) is 13.4. The molecule has 0 radical (unpaired) electrons. The number of halogens is 1. The predicted molar refractivity (Wildman–Crippen MR) is 114 cm³/mol. The first-order chi connectivity index (χ1) is 12.8. The summed E-state index contributed by atoms with van der Waals surface area (Å²) >= 11 is 3.50. The van der Waals surface area contributed by atoms with Crippen molar-refractivity contribution in [1.82, 2.24) is 0 Å². The minimum atomic E-state index is 0.420. The first-order valence-corrected chi connectivity index (χ1v) is 10.3. The second kappa shape index (κ2) is 9.89. The van der Waals surface area contributed by atoms with Crippen molar-refractivity contribution in [3.05, 3.63) is 82.9 Å². The summed E-state index contributed by atoms with van der Waals surface area (Å²) in [6.45, 7) is 2.75. The maximum atomic E-state index is 5.98. The topological polar surface area (TPSA) is 9.23 Å². The summed E-state index contributed by atoms with van der Waals surface area (Å²) in [5, 5.41) is 0. The summed E-state index contributed by atoms with van der Waals surface area (Å²) in [7, 11) is 0. The van der Waals surface area contributed by atoms with Gasteiger partial charge in [0.1, 0.15) is 0 Å². The van der Waals surface area contributed by atoms with Crippen molar-refractivity contribution in [3.63, 3.8) is 0 Å². The lowest BCUT2D eigenvalue weighted by Gasteiger charge is -2.28. The fourth-order valence-electron chi connectivity index (χ4n) is 3.59. The van der Waals surface area contributed by atoms with Crippen molar-refractivity contribution in [2.45, 2.75) is 44.6 Å². The van der Waals surface area contributed by atoms with Gasteiger partial charge in [0.05, 0.1) is 12.7 Å². The first-order valence-electron chi connectivity index (χ1n) is 9.51. The van der Waals surface area contributed by atoms with Crippen LogP contribution in [0.25, 0.3) is 11.1 Å². The van der Waals surface area contributed by atoms with E-state index in [1.165, 1.54) is 29.5 Å². The quantitative estimate of drug-likeness (QED) is 0.454. The van der Waals surface area contributed by atoms with Gasteiger partial charge < -0.3 is 4.74 Å².